The lowest BCUT2D eigenvalue weighted by atomic mass is 10.2. The Morgan fingerprint density at radius 2 is 1.64 bits per heavy atom. The molecule has 36 heavy (non-hydrogen) atoms. The highest BCUT2D eigenvalue weighted by molar-refractivity contribution is 7.92. The van der Waals surface area contributed by atoms with E-state index in [4.69, 9.17) is 9.47 Å². The topological polar surface area (TPSA) is 88.2 Å². The highest BCUT2D eigenvalue weighted by Crippen LogP contribution is 2.35. The van der Waals surface area contributed by atoms with Gasteiger partial charge in [-0.25, -0.2) is 8.42 Å². The molecule has 190 valence electrons. The number of nitrogens with zero attached hydrogens (tertiary/aromatic N) is 2. The average Bonchev–Trinajstić information content (AvgIpc) is 3.46. The van der Waals surface area contributed by atoms with E-state index >= 15 is 0 Å². The normalized spacial score (nSPS) is 13.3. The molecule has 1 heterocycles. The van der Waals surface area contributed by atoms with Crippen LogP contribution in [0.2, 0.25) is 0 Å². The molecular formula is C27H31N3O5S. The highest BCUT2D eigenvalue weighted by atomic mass is 32.2. The summed E-state index contributed by atoms with van der Waals surface area (Å²) in [6.45, 7) is 1.99. The van der Waals surface area contributed by atoms with Gasteiger partial charge in [-0.3, -0.25) is 9.10 Å². The third kappa shape index (κ3) is 5.73. The number of hydrogen-bond donors (Lipinski definition) is 1. The molecule has 0 atom stereocenters. The molecule has 8 nitrogen and oxygen atoms in total. The van der Waals surface area contributed by atoms with Gasteiger partial charge in [0.25, 0.3) is 10.0 Å². The van der Waals surface area contributed by atoms with Gasteiger partial charge >= 0.3 is 0 Å². The summed E-state index contributed by atoms with van der Waals surface area (Å²) in [5.41, 5.74) is 2.32. The smallest absolute Gasteiger partial charge is 0.264 e. The monoisotopic (exact) mass is 509 g/mol. The predicted octanol–water partition coefficient (Wildman–Crippen LogP) is 3.82. The number of hydrogen-bond acceptors (Lipinski definition) is 6. The fourth-order valence-corrected chi connectivity index (χ4v) is 5.64. The second-order valence-electron chi connectivity index (χ2n) is 8.50. The van der Waals surface area contributed by atoms with Gasteiger partial charge in [0.1, 0.15) is 18.0 Å². The molecule has 1 fully saturated rings. The van der Waals surface area contributed by atoms with Crippen molar-refractivity contribution >= 4 is 27.3 Å². The Morgan fingerprint density at radius 3 is 2.28 bits per heavy atom. The van der Waals surface area contributed by atoms with Crippen molar-refractivity contribution in [2.75, 3.05) is 43.1 Å². The predicted molar refractivity (Wildman–Crippen MR) is 140 cm³/mol. The zero-order valence-electron chi connectivity index (χ0n) is 20.5. The van der Waals surface area contributed by atoms with Gasteiger partial charge in [-0.15, -0.1) is 0 Å². The molecule has 3 aromatic carbocycles. The summed E-state index contributed by atoms with van der Waals surface area (Å²) < 4.78 is 39.0. The van der Waals surface area contributed by atoms with Crippen molar-refractivity contribution in [1.29, 1.82) is 0 Å². The van der Waals surface area contributed by atoms with Crippen molar-refractivity contribution in [3.63, 3.8) is 0 Å². The van der Waals surface area contributed by atoms with Crippen molar-refractivity contribution in [2.24, 2.45) is 0 Å². The van der Waals surface area contributed by atoms with Crippen LogP contribution in [0.25, 0.3) is 0 Å². The molecule has 0 aromatic heterocycles. The van der Waals surface area contributed by atoms with E-state index in [1.165, 1.54) is 44.9 Å². The van der Waals surface area contributed by atoms with Crippen LogP contribution in [0.5, 0.6) is 11.5 Å². The summed E-state index contributed by atoms with van der Waals surface area (Å²) in [5.74, 6) is 0.307. The number of nitrogens with one attached hydrogen (secondary N) is 1. The molecule has 1 amide bonds. The van der Waals surface area contributed by atoms with Crippen LogP contribution in [0.15, 0.2) is 77.7 Å². The molecule has 0 unspecified atom stereocenters. The highest BCUT2D eigenvalue weighted by Gasteiger charge is 2.29. The van der Waals surface area contributed by atoms with Crippen LogP contribution < -0.4 is 24.0 Å². The minimum Gasteiger partial charge on any atom is -0.497 e. The van der Waals surface area contributed by atoms with Crippen LogP contribution in [-0.2, 0) is 21.4 Å². The van der Waals surface area contributed by atoms with E-state index in [0.29, 0.717) is 11.5 Å². The van der Waals surface area contributed by atoms with Crippen molar-refractivity contribution in [3.8, 4) is 11.5 Å². The first-order chi connectivity index (χ1) is 17.4. The average molecular weight is 510 g/mol. The number of amides is 1. The van der Waals surface area contributed by atoms with Crippen LogP contribution in [0.1, 0.15) is 18.4 Å². The second kappa shape index (κ2) is 11.3. The molecule has 1 aliphatic rings. The number of rotatable bonds is 10. The van der Waals surface area contributed by atoms with E-state index in [9.17, 15) is 13.2 Å². The number of ether oxygens (including phenoxy) is 2. The number of anilines is 2. The van der Waals surface area contributed by atoms with Crippen LogP contribution >= 0.6 is 0 Å². The largest absolute Gasteiger partial charge is 0.497 e. The molecule has 1 saturated heterocycles. The van der Waals surface area contributed by atoms with Crippen LogP contribution in [0.3, 0.4) is 0 Å². The number of carbonyl (C=O) groups excluding carboxylic acids is 1. The van der Waals surface area contributed by atoms with Gasteiger partial charge in [-0.2, -0.15) is 0 Å². The Hall–Kier alpha value is -3.72. The standard InChI is InChI=1S/C27H31N3O5S/c1-34-23-14-15-26(35-2)25(18-23)30(36(32,33)24-8-4-3-5-9-24)20-27(31)28-19-21-10-12-22(13-11-21)29-16-6-7-17-29/h3-5,8-15,18H,6-7,16-17,19-20H2,1-2H3,(H,28,31). The van der Waals surface area contributed by atoms with E-state index in [2.05, 4.69) is 22.3 Å². The van der Waals surface area contributed by atoms with Crippen molar-refractivity contribution < 1.29 is 22.7 Å². The Morgan fingerprint density at radius 1 is 0.944 bits per heavy atom. The first-order valence-electron chi connectivity index (χ1n) is 11.8. The summed E-state index contributed by atoms with van der Waals surface area (Å²) in [6, 6.07) is 20.9. The fourth-order valence-electron chi connectivity index (χ4n) is 4.20. The Kier molecular flexibility index (Phi) is 8.00. The van der Waals surface area contributed by atoms with Crippen molar-refractivity contribution in [2.45, 2.75) is 24.3 Å². The van der Waals surface area contributed by atoms with Gasteiger partial charge in [-0.1, -0.05) is 30.3 Å². The van der Waals surface area contributed by atoms with Gasteiger partial charge in [0, 0.05) is 31.4 Å². The molecule has 3 aromatic rings. The second-order valence-corrected chi connectivity index (χ2v) is 10.4. The first-order valence-corrected chi connectivity index (χ1v) is 13.3. The quantitative estimate of drug-likeness (QED) is 0.447. The fraction of sp³-hybridized carbons (Fsp3) is 0.296. The summed E-state index contributed by atoms with van der Waals surface area (Å²) in [6.07, 6.45) is 2.41. The Balaban J connectivity index is 1.55. The lowest BCUT2D eigenvalue weighted by molar-refractivity contribution is -0.119. The first kappa shape index (κ1) is 25.4. The molecular weight excluding hydrogens is 478 g/mol. The molecule has 0 spiro atoms. The maximum absolute atomic E-state index is 13.6. The van der Waals surface area contributed by atoms with Crippen LogP contribution in [-0.4, -0.2) is 48.2 Å². The Labute approximate surface area is 212 Å². The van der Waals surface area contributed by atoms with Gasteiger partial charge in [-0.05, 0) is 54.8 Å². The minimum absolute atomic E-state index is 0.0696. The molecule has 1 aliphatic heterocycles. The molecule has 0 bridgehead atoms. The van der Waals surface area contributed by atoms with Crippen molar-refractivity contribution in [3.05, 3.63) is 78.4 Å². The maximum Gasteiger partial charge on any atom is 0.264 e. The zero-order chi connectivity index (χ0) is 25.5. The molecule has 0 saturated carbocycles. The summed E-state index contributed by atoms with van der Waals surface area (Å²) >= 11 is 0. The number of carbonyl (C=O) groups is 1. The van der Waals surface area contributed by atoms with E-state index < -0.39 is 22.5 Å². The van der Waals surface area contributed by atoms with E-state index in [1.807, 2.05) is 12.1 Å². The number of sulfonamides is 1. The van der Waals surface area contributed by atoms with E-state index in [-0.39, 0.29) is 17.1 Å². The molecule has 0 aliphatic carbocycles. The van der Waals surface area contributed by atoms with Gasteiger partial charge in [0.05, 0.1) is 24.8 Å². The SMILES string of the molecule is COc1ccc(OC)c(N(CC(=O)NCc2ccc(N3CCCC3)cc2)S(=O)(=O)c2ccccc2)c1. The van der Waals surface area contributed by atoms with Gasteiger partial charge < -0.3 is 19.7 Å². The molecule has 0 radical (unpaired) electrons. The maximum atomic E-state index is 13.6. The van der Waals surface area contributed by atoms with E-state index in [0.717, 1.165) is 23.0 Å². The summed E-state index contributed by atoms with van der Waals surface area (Å²) in [5, 5.41) is 2.85. The zero-order valence-corrected chi connectivity index (χ0v) is 21.3. The Bertz CT molecular complexity index is 1270. The van der Waals surface area contributed by atoms with Crippen molar-refractivity contribution in [1.82, 2.24) is 5.32 Å². The lowest BCUT2D eigenvalue weighted by Gasteiger charge is -2.26. The molecule has 1 N–H and O–H groups in total. The molecule has 9 heteroatoms. The van der Waals surface area contributed by atoms with Crippen LogP contribution in [0, 0.1) is 0 Å². The number of methoxy groups -OCH3 is 2. The lowest BCUT2D eigenvalue weighted by Crippen LogP contribution is -2.40. The summed E-state index contributed by atoms with van der Waals surface area (Å²) in [7, 11) is -1.14. The summed E-state index contributed by atoms with van der Waals surface area (Å²) in [4.78, 5) is 15.4. The van der Waals surface area contributed by atoms with Gasteiger partial charge in [0.2, 0.25) is 5.91 Å². The number of benzene rings is 3. The third-order valence-corrected chi connectivity index (χ3v) is 7.94. The van der Waals surface area contributed by atoms with Gasteiger partial charge in [0.15, 0.2) is 0 Å². The minimum atomic E-state index is -4.07. The van der Waals surface area contributed by atoms with Crippen LogP contribution in [0.4, 0.5) is 11.4 Å². The molecule has 4 rings (SSSR count). The third-order valence-electron chi connectivity index (χ3n) is 6.17. The van der Waals surface area contributed by atoms with E-state index in [1.54, 1.807) is 36.4 Å².